The Balaban J connectivity index is 2.04. The molecule has 0 aliphatic rings. The van der Waals surface area contributed by atoms with Crippen LogP contribution >= 0.6 is 0 Å². The topological polar surface area (TPSA) is 65.7 Å². The van der Waals surface area contributed by atoms with Crippen LogP contribution in [0.5, 0.6) is 0 Å². The van der Waals surface area contributed by atoms with E-state index < -0.39 is 11.0 Å². The number of aryl methyl sites for hydroxylation is 2. The second-order valence-corrected chi connectivity index (χ2v) is 5.01. The van der Waals surface area contributed by atoms with E-state index in [4.69, 9.17) is 0 Å². The van der Waals surface area contributed by atoms with E-state index in [0.29, 0.717) is 12.3 Å². The third-order valence-corrected chi connectivity index (χ3v) is 3.20. The molecule has 4 nitrogen and oxygen atoms in total. The maximum atomic E-state index is 11.2. The number of hydrogen-bond acceptors (Lipinski definition) is 2. The molecule has 0 spiro atoms. The maximum Gasteiger partial charge on any atom is 0.310 e. The molecule has 0 aliphatic heterocycles. The third kappa shape index (κ3) is 3.44. The van der Waals surface area contributed by atoms with E-state index in [1.165, 1.54) is 17.2 Å². The Hall–Kier alpha value is -2.10. The van der Waals surface area contributed by atoms with E-state index in [9.17, 15) is 9.59 Å². The molecule has 1 heterocycles. The second-order valence-electron chi connectivity index (χ2n) is 5.01. The first-order chi connectivity index (χ1) is 9.06. The van der Waals surface area contributed by atoms with E-state index in [-0.39, 0.29) is 0 Å². The summed E-state index contributed by atoms with van der Waals surface area (Å²) in [4.78, 5) is 22.2. The van der Waals surface area contributed by atoms with Crippen LogP contribution in [0.25, 0.3) is 0 Å². The molecule has 4 heteroatoms. The van der Waals surface area contributed by atoms with Gasteiger partial charge in [0, 0.05) is 11.8 Å². The maximum absolute atomic E-state index is 11.2. The summed E-state index contributed by atoms with van der Waals surface area (Å²) in [6, 6.07) is 9.85. The molecule has 0 unspecified atom stereocenters. The molecule has 0 aliphatic carbocycles. The number of benzene rings is 1. The first-order valence-electron chi connectivity index (χ1n) is 6.46. The Morgan fingerprint density at radius 3 is 2.26 bits per heavy atom. The van der Waals surface area contributed by atoms with Crippen LogP contribution in [0.3, 0.4) is 0 Å². The van der Waals surface area contributed by atoms with Gasteiger partial charge in [0.05, 0.1) is 0 Å². The molecule has 0 radical (unpaired) electrons. The second kappa shape index (κ2) is 5.69. The highest BCUT2D eigenvalue weighted by Crippen LogP contribution is 2.15. The van der Waals surface area contributed by atoms with Gasteiger partial charge in [-0.05, 0) is 29.9 Å². The summed E-state index contributed by atoms with van der Waals surface area (Å²) in [7, 11) is 0. The molecule has 0 saturated carbocycles. The average molecular weight is 258 g/mol. The first kappa shape index (κ1) is 13.3. The van der Waals surface area contributed by atoms with Gasteiger partial charge in [-0.15, -0.1) is 0 Å². The zero-order valence-corrected chi connectivity index (χ0v) is 11.2. The van der Waals surface area contributed by atoms with Crippen molar-refractivity contribution in [1.82, 2.24) is 10.2 Å². The molecule has 19 heavy (non-hydrogen) atoms. The average Bonchev–Trinajstić information content (AvgIpc) is 2.40. The van der Waals surface area contributed by atoms with E-state index in [1.807, 2.05) is 0 Å². The van der Waals surface area contributed by atoms with Gasteiger partial charge in [0.25, 0.3) is 0 Å². The van der Waals surface area contributed by atoms with Crippen molar-refractivity contribution in [3.8, 4) is 0 Å². The summed E-state index contributed by atoms with van der Waals surface area (Å²) >= 11 is 0. The number of rotatable bonds is 4. The normalized spacial score (nSPS) is 10.9. The van der Waals surface area contributed by atoms with Gasteiger partial charge in [0.1, 0.15) is 0 Å². The number of aromatic amines is 2. The highest BCUT2D eigenvalue weighted by Gasteiger charge is 2.01. The predicted molar refractivity (Wildman–Crippen MR) is 75.6 cm³/mol. The van der Waals surface area contributed by atoms with Gasteiger partial charge in [0.2, 0.25) is 5.43 Å². The Bertz CT molecular complexity index is 651. The highest BCUT2D eigenvalue weighted by atomic mass is 16.2. The SMILES string of the molecule is CC(C)c1ccc(CCc2cc(=O)c(=O)[nH][nH]2)cc1. The molecule has 2 N–H and O–H groups in total. The monoisotopic (exact) mass is 258 g/mol. The van der Waals surface area contributed by atoms with Gasteiger partial charge in [-0.1, -0.05) is 38.1 Å². The first-order valence-corrected chi connectivity index (χ1v) is 6.46. The number of aromatic nitrogens is 2. The fourth-order valence-corrected chi connectivity index (χ4v) is 1.94. The van der Waals surface area contributed by atoms with E-state index in [0.717, 1.165) is 12.1 Å². The van der Waals surface area contributed by atoms with Crippen LogP contribution in [0, 0.1) is 0 Å². The zero-order valence-electron chi connectivity index (χ0n) is 11.2. The number of hydrogen-bond donors (Lipinski definition) is 2. The van der Waals surface area contributed by atoms with E-state index in [1.54, 1.807) is 0 Å². The largest absolute Gasteiger partial charge is 0.310 e. The minimum atomic E-state index is -0.606. The van der Waals surface area contributed by atoms with Crippen molar-refractivity contribution in [2.45, 2.75) is 32.6 Å². The standard InChI is InChI=1S/C15H18N2O2/c1-10(2)12-6-3-11(4-7-12)5-8-13-9-14(18)15(19)17-16-13/h3-4,6-7,9-10H,5,8H2,1-2H3,(H,16,18)(H,17,19). The quantitative estimate of drug-likeness (QED) is 0.823. The lowest BCUT2D eigenvalue weighted by Crippen LogP contribution is -2.27. The predicted octanol–water partition coefficient (Wildman–Crippen LogP) is 1.97. The van der Waals surface area contributed by atoms with Crippen molar-refractivity contribution in [2.75, 3.05) is 0 Å². The van der Waals surface area contributed by atoms with Crippen LogP contribution in [0.15, 0.2) is 39.9 Å². The molecule has 2 aromatic rings. The van der Waals surface area contributed by atoms with Gasteiger partial charge in [-0.2, -0.15) is 0 Å². The molecule has 1 aromatic carbocycles. The Labute approximate surface area is 111 Å². The molecular weight excluding hydrogens is 240 g/mol. The molecule has 2 rings (SSSR count). The van der Waals surface area contributed by atoms with Crippen molar-refractivity contribution in [2.24, 2.45) is 0 Å². The Kier molecular flexibility index (Phi) is 4.00. The van der Waals surface area contributed by atoms with Crippen molar-refractivity contribution >= 4 is 0 Å². The van der Waals surface area contributed by atoms with Crippen molar-refractivity contribution in [3.63, 3.8) is 0 Å². The molecule has 1 aromatic heterocycles. The number of H-pyrrole nitrogens is 2. The van der Waals surface area contributed by atoms with Crippen molar-refractivity contribution in [1.29, 1.82) is 0 Å². The minimum Gasteiger partial charge on any atom is -0.302 e. The summed E-state index contributed by atoms with van der Waals surface area (Å²) in [6.07, 6.45) is 1.54. The van der Waals surface area contributed by atoms with Crippen LogP contribution in [0.4, 0.5) is 0 Å². The summed E-state index contributed by atoms with van der Waals surface area (Å²) in [5.74, 6) is 0.532. The fourth-order valence-electron chi connectivity index (χ4n) is 1.94. The van der Waals surface area contributed by atoms with Crippen LogP contribution in [-0.4, -0.2) is 10.2 Å². The van der Waals surface area contributed by atoms with E-state index >= 15 is 0 Å². The zero-order chi connectivity index (χ0) is 13.8. The number of nitrogens with one attached hydrogen (secondary N) is 2. The van der Waals surface area contributed by atoms with Gasteiger partial charge in [0.15, 0.2) is 0 Å². The van der Waals surface area contributed by atoms with Crippen molar-refractivity contribution in [3.05, 3.63) is 67.7 Å². The smallest absolute Gasteiger partial charge is 0.302 e. The minimum absolute atomic E-state index is 0.496. The van der Waals surface area contributed by atoms with E-state index in [2.05, 4.69) is 48.3 Å². The van der Waals surface area contributed by atoms with Crippen LogP contribution < -0.4 is 11.0 Å². The highest BCUT2D eigenvalue weighted by molar-refractivity contribution is 5.25. The summed E-state index contributed by atoms with van der Waals surface area (Å²) < 4.78 is 0. The Morgan fingerprint density at radius 1 is 1.00 bits per heavy atom. The summed E-state index contributed by atoms with van der Waals surface area (Å²) in [5.41, 5.74) is 2.18. The van der Waals surface area contributed by atoms with Gasteiger partial charge in [-0.25, -0.2) is 0 Å². The summed E-state index contributed by atoms with van der Waals surface area (Å²) in [5, 5.41) is 5.08. The lowest BCUT2D eigenvalue weighted by molar-refractivity contribution is 0.834. The van der Waals surface area contributed by atoms with Crippen molar-refractivity contribution < 1.29 is 0 Å². The van der Waals surface area contributed by atoms with Gasteiger partial charge in [-0.3, -0.25) is 14.7 Å². The van der Waals surface area contributed by atoms with Crippen LogP contribution in [0.1, 0.15) is 36.6 Å². The van der Waals surface area contributed by atoms with Gasteiger partial charge >= 0.3 is 5.56 Å². The lowest BCUT2D eigenvalue weighted by atomic mass is 10.00. The summed E-state index contributed by atoms with van der Waals surface area (Å²) in [6.45, 7) is 4.33. The molecule has 0 atom stereocenters. The Morgan fingerprint density at radius 2 is 1.68 bits per heavy atom. The van der Waals surface area contributed by atoms with Gasteiger partial charge < -0.3 is 5.10 Å². The van der Waals surface area contributed by atoms with Crippen LogP contribution in [-0.2, 0) is 12.8 Å². The molecule has 0 bridgehead atoms. The third-order valence-electron chi connectivity index (χ3n) is 3.20. The molecule has 0 fully saturated rings. The molecule has 100 valence electrons. The fraction of sp³-hybridized carbons (Fsp3) is 0.333. The molecule has 0 amide bonds. The lowest BCUT2D eigenvalue weighted by Gasteiger charge is -2.07. The molecule has 0 saturated heterocycles. The van der Waals surface area contributed by atoms with Crippen LogP contribution in [0.2, 0.25) is 0 Å². The molecular formula is C15H18N2O2.